The monoisotopic (exact) mass is 292 g/mol. The van der Waals surface area contributed by atoms with Crippen LogP contribution in [0.15, 0.2) is 12.3 Å². The van der Waals surface area contributed by atoms with E-state index in [9.17, 15) is 14.7 Å². The number of amides is 1. The number of nitrogens with zero attached hydrogens (tertiary/aromatic N) is 2. The van der Waals surface area contributed by atoms with Crippen LogP contribution in [0.4, 0.5) is 0 Å². The minimum atomic E-state index is -0.310. The molecule has 2 atom stereocenters. The third-order valence-electron chi connectivity index (χ3n) is 4.35. The summed E-state index contributed by atoms with van der Waals surface area (Å²) in [5, 5.41) is 10.0. The second kappa shape index (κ2) is 6.43. The molecule has 0 aromatic carbocycles. The first-order valence-electron chi connectivity index (χ1n) is 7.51. The normalized spacial score (nSPS) is 22.1. The van der Waals surface area contributed by atoms with Gasteiger partial charge in [-0.1, -0.05) is 12.8 Å². The van der Waals surface area contributed by atoms with Crippen molar-refractivity contribution in [3.05, 3.63) is 23.5 Å². The molecule has 1 aromatic rings. The maximum absolute atomic E-state index is 12.5. The highest BCUT2D eigenvalue weighted by Gasteiger charge is 2.26. The third kappa shape index (κ3) is 3.53. The summed E-state index contributed by atoms with van der Waals surface area (Å²) in [7, 11) is 3.52. The van der Waals surface area contributed by atoms with Crippen molar-refractivity contribution in [2.75, 3.05) is 13.6 Å². The van der Waals surface area contributed by atoms with Gasteiger partial charge in [-0.25, -0.2) is 0 Å². The zero-order chi connectivity index (χ0) is 15.6. The van der Waals surface area contributed by atoms with E-state index < -0.39 is 0 Å². The van der Waals surface area contributed by atoms with Crippen LogP contribution in [0, 0.1) is 5.92 Å². The number of aryl methyl sites for hydroxylation is 1. The van der Waals surface area contributed by atoms with Gasteiger partial charge in [0.2, 0.25) is 0 Å². The Balaban J connectivity index is 2.06. The van der Waals surface area contributed by atoms with E-state index in [0.717, 1.165) is 25.7 Å². The van der Waals surface area contributed by atoms with Crippen LogP contribution in [0.1, 0.15) is 53.5 Å². The third-order valence-corrected chi connectivity index (χ3v) is 4.35. The molecular weight excluding hydrogens is 268 g/mol. The number of hydrogen-bond donors (Lipinski definition) is 1. The summed E-state index contributed by atoms with van der Waals surface area (Å²) >= 11 is 0. The van der Waals surface area contributed by atoms with E-state index in [-0.39, 0.29) is 23.7 Å². The molecule has 1 aliphatic carbocycles. The van der Waals surface area contributed by atoms with Crippen molar-refractivity contribution in [2.24, 2.45) is 13.0 Å². The molecular formula is C16H24N2O3. The molecule has 0 bridgehead atoms. The minimum absolute atomic E-state index is 0.0463. The summed E-state index contributed by atoms with van der Waals surface area (Å²) in [6, 6.07) is 1.64. The van der Waals surface area contributed by atoms with Gasteiger partial charge in [-0.2, -0.15) is 0 Å². The van der Waals surface area contributed by atoms with Crippen molar-refractivity contribution in [3.8, 4) is 0 Å². The molecule has 1 aromatic heterocycles. The summed E-state index contributed by atoms with van der Waals surface area (Å²) in [5.74, 6) is -0.00183. The van der Waals surface area contributed by atoms with Gasteiger partial charge in [0.1, 0.15) is 5.69 Å². The van der Waals surface area contributed by atoms with Crippen molar-refractivity contribution in [2.45, 2.75) is 38.7 Å². The number of carbonyl (C=O) groups excluding carboxylic acids is 2. The van der Waals surface area contributed by atoms with Gasteiger partial charge in [0.25, 0.3) is 5.91 Å². The van der Waals surface area contributed by atoms with Gasteiger partial charge in [0, 0.05) is 38.3 Å². The Morgan fingerprint density at radius 1 is 1.38 bits per heavy atom. The van der Waals surface area contributed by atoms with Crippen LogP contribution < -0.4 is 0 Å². The van der Waals surface area contributed by atoms with Gasteiger partial charge in [-0.05, 0) is 25.8 Å². The van der Waals surface area contributed by atoms with Gasteiger partial charge < -0.3 is 14.6 Å². The largest absolute Gasteiger partial charge is 0.393 e. The topological polar surface area (TPSA) is 62.5 Å². The van der Waals surface area contributed by atoms with Gasteiger partial charge in [-0.15, -0.1) is 0 Å². The highest BCUT2D eigenvalue weighted by molar-refractivity contribution is 5.99. The predicted molar refractivity (Wildman–Crippen MR) is 80.3 cm³/mol. The predicted octanol–water partition coefficient (Wildman–Crippen LogP) is 1.85. The lowest BCUT2D eigenvalue weighted by Gasteiger charge is -2.31. The maximum atomic E-state index is 12.5. The lowest BCUT2D eigenvalue weighted by Crippen LogP contribution is -2.38. The molecule has 1 saturated carbocycles. The van der Waals surface area contributed by atoms with Crippen LogP contribution in [0.25, 0.3) is 0 Å². The summed E-state index contributed by atoms with van der Waals surface area (Å²) in [6.45, 7) is 2.05. The number of rotatable bonds is 4. The standard InChI is InChI=1S/C16H24N2O3/c1-11(19)13-8-14(17(2)10-13)16(21)18(3)9-12-6-4-5-7-15(12)20/h8,10,12,15,20H,4-7,9H2,1-3H3. The number of carbonyl (C=O) groups is 2. The number of aliphatic hydroxyl groups excluding tert-OH is 1. The van der Waals surface area contributed by atoms with Crippen molar-refractivity contribution in [3.63, 3.8) is 0 Å². The molecule has 0 radical (unpaired) electrons. The summed E-state index contributed by atoms with van der Waals surface area (Å²) in [5.41, 5.74) is 1.06. The van der Waals surface area contributed by atoms with Crippen molar-refractivity contribution in [1.29, 1.82) is 0 Å². The fourth-order valence-electron chi connectivity index (χ4n) is 3.00. The van der Waals surface area contributed by atoms with Crippen LogP contribution in [0.2, 0.25) is 0 Å². The summed E-state index contributed by atoms with van der Waals surface area (Å²) < 4.78 is 1.69. The molecule has 2 unspecified atom stereocenters. The lowest BCUT2D eigenvalue weighted by atomic mass is 9.86. The van der Waals surface area contributed by atoms with Crippen LogP contribution in [0.3, 0.4) is 0 Å². The van der Waals surface area contributed by atoms with Crippen LogP contribution in [-0.2, 0) is 7.05 Å². The number of aliphatic hydroxyl groups is 1. The van der Waals surface area contributed by atoms with E-state index >= 15 is 0 Å². The Bertz CT molecular complexity index is 536. The number of ketones is 1. The molecule has 0 saturated heterocycles. The van der Waals surface area contributed by atoms with E-state index in [1.807, 2.05) is 0 Å². The van der Waals surface area contributed by atoms with Gasteiger partial charge >= 0.3 is 0 Å². The van der Waals surface area contributed by atoms with Crippen LogP contribution in [-0.4, -0.2) is 46.0 Å². The SMILES string of the molecule is CC(=O)c1cc(C(=O)N(C)CC2CCCCC2O)n(C)c1. The Morgan fingerprint density at radius 3 is 2.62 bits per heavy atom. The first kappa shape index (κ1) is 15.8. The zero-order valence-electron chi connectivity index (χ0n) is 13.0. The van der Waals surface area contributed by atoms with Crippen LogP contribution >= 0.6 is 0 Å². The quantitative estimate of drug-likeness (QED) is 0.861. The molecule has 1 amide bonds. The number of aromatic nitrogens is 1. The Labute approximate surface area is 125 Å². The minimum Gasteiger partial charge on any atom is -0.393 e. The molecule has 1 aliphatic rings. The Hall–Kier alpha value is -1.62. The first-order valence-corrected chi connectivity index (χ1v) is 7.51. The first-order chi connectivity index (χ1) is 9.90. The Kier molecular flexibility index (Phi) is 4.83. The molecule has 116 valence electrons. The van der Waals surface area contributed by atoms with Gasteiger partial charge in [0.15, 0.2) is 5.78 Å². The van der Waals surface area contributed by atoms with Crippen molar-refractivity contribution in [1.82, 2.24) is 9.47 Å². The fourth-order valence-corrected chi connectivity index (χ4v) is 3.00. The summed E-state index contributed by atoms with van der Waals surface area (Å²) in [6.07, 6.45) is 5.34. The van der Waals surface area contributed by atoms with Crippen LogP contribution in [0.5, 0.6) is 0 Å². The molecule has 5 nitrogen and oxygen atoms in total. The second-order valence-electron chi connectivity index (χ2n) is 6.08. The Morgan fingerprint density at radius 2 is 2.05 bits per heavy atom. The molecule has 5 heteroatoms. The highest BCUT2D eigenvalue weighted by Crippen LogP contribution is 2.25. The van der Waals surface area contributed by atoms with Gasteiger partial charge in [-0.3, -0.25) is 9.59 Å². The van der Waals surface area contributed by atoms with E-state index in [1.165, 1.54) is 6.92 Å². The van der Waals surface area contributed by atoms with Gasteiger partial charge in [0.05, 0.1) is 6.10 Å². The number of hydrogen-bond acceptors (Lipinski definition) is 3. The van der Waals surface area contributed by atoms with Crippen molar-refractivity contribution >= 4 is 11.7 Å². The van der Waals surface area contributed by atoms with E-state index in [4.69, 9.17) is 0 Å². The second-order valence-corrected chi connectivity index (χ2v) is 6.08. The molecule has 1 fully saturated rings. The average molecular weight is 292 g/mol. The fraction of sp³-hybridized carbons (Fsp3) is 0.625. The lowest BCUT2D eigenvalue weighted by molar-refractivity contribution is 0.0447. The molecule has 2 rings (SSSR count). The average Bonchev–Trinajstić information content (AvgIpc) is 2.82. The van der Waals surface area contributed by atoms with Crippen molar-refractivity contribution < 1.29 is 14.7 Å². The smallest absolute Gasteiger partial charge is 0.270 e. The molecule has 0 spiro atoms. The molecule has 21 heavy (non-hydrogen) atoms. The van der Waals surface area contributed by atoms with E-state index in [1.54, 1.807) is 35.8 Å². The number of Topliss-reactive ketones (excluding diaryl/α,β-unsaturated/α-hetero) is 1. The molecule has 0 aliphatic heterocycles. The zero-order valence-corrected chi connectivity index (χ0v) is 13.0. The molecule has 1 N–H and O–H groups in total. The molecule has 1 heterocycles. The van der Waals surface area contributed by atoms with E-state index in [2.05, 4.69) is 0 Å². The summed E-state index contributed by atoms with van der Waals surface area (Å²) in [4.78, 5) is 25.5. The van der Waals surface area contributed by atoms with E-state index in [0.29, 0.717) is 17.8 Å². The highest BCUT2D eigenvalue weighted by atomic mass is 16.3. The maximum Gasteiger partial charge on any atom is 0.270 e.